The van der Waals surface area contributed by atoms with Crippen LogP contribution in [0.5, 0.6) is 0 Å². The minimum Gasteiger partial charge on any atom is -0.355 e. The van der Waals surface area contributed by atoms with Crippen molar-refractivity contribution in [2.45, 2.75) is 32.9 Å². The lowest BCUT2D eigenvalue weighted by atomic mass is 10.1. The van der Waals surface area contributed by atoms with Gasteiger partial charge in [-0.25, -0.2) is 0 Å². The predicted molar refractivity (Wildman–Crippen MR) is 99.3 cm³/mol. The van der Waals surface area contributed by atoms with Gasteiger partial charge in [0.15, 0.2) is 0 Å². The third kappa shape index (κ3) is 3.69. The molecule has 6 nitrogen and oxygen atoms in total. The van der Waals surface area contributed by atoms with Crippen LogP contribution in [0.2, 0.25) is 0 Å². The number of carbonyl (C=O) groups is 2. The molecule has 1 atom stereocenters. The minimum absolute atomic E-state index is 0.0360. The van der Waals surface area contributed by atoms with Crippen LogP contribution in [0.4, 0.5) is 0 Å². The van der Waals surface area contributed by atoms with Crippen molar-refractivity contribution in [1.82, 2.24) is 15.2 Å². The highest BCUT2D eigenvalue weighted by Crippen LogP contribution is 2.44. The van der Waals surface area contributed by atoms with Crippen molar-refractivity contribution in [1.29, 1.82) is 0 Å². The molecule has 1 unspecified atom stereocenters. The maximum absolute atomic E-state index is 12.7. The molecule has 1 saturated carbocycles. The Balaban J connectivity index is 1.96. The lowest BCUT2D eigenvalue weighted by Crippen LogP contribution is -2.35. The number of hydrogen-bond acceptors (Lipinski definition) is 3. The second-order valence-electron chi connectivity index (χ2n) is 7.36. The molecule has 26 heavy (non-hydrogen) atoms. The van der Waals surface area contributed by atoms with Gasteiger partial charge in [0.05, 0.1) is 12.1 Å². The first-order valence-corrected chi connectivity index (χ1v) is 8.63. The molecule has 2 amide bonds. The molecule has 0 aliphatic heterocycles. The molecule has 0 bridgehead atoms. The Morgan fingerprint density at radius 2 is 1.85 bits per heavy atom. The van der Waals surface area contributed by atoms with Crippen LogP contribution in [0.1, 0.15) is 46.5 Å². The first-order chi connectivity index (χ1) is 12.3. The highest BCUT2D eigenvalue weighted by Gasteiger charge is 2.46. The number of nitrogens with one attached hydrogen (secondary N) is 2. The van der Waals surface area contributed by atoms with Crippen molar-refractivity contribution in [3.8, 4) is 0 Å². The van der Waals surface area contributed by atoms with E-state index >= 15 is 0 Å². The SMILES string of the molecule is CNC(=O)c1cc(C(=O)NC2CC2(C)C)cn(Cc2ccccc2)c1=O. The Kier molecular flexibility index (Phi) is 4.68. The summed E-state index contributed by atoms with van der Waals surface area (Å²) in [5.41, 5.74) is 0.862. The van der Waals surface area contributed by atoms with Gasteiger partial charge in [-0.15, -0.1) is 0 Å². The summed E-state index contributed by atoms with van der Waals surface area (Å²) < 4.78 is 1.41. The van der Waals surface area contributed by atoms with Crippen LogP contribution >= 0.6 is 0 Å². The van der Waals surface area contributed by atoms with Gasteiger partial charge in [-0.3, -0.25) is 14.4 Å². The van der Waals surface area contributed by atoms with E-state index < -0.39 is 11.5 Å². The smallest absolute Gasteiger partial charge is 0.263 e. The maximum Gasteiger partial charge on any atom is 0.263 e. The van der Waals surface area contributed by atoms with E-state index in [1.54, 1.807) is 0 Å². The highest BCUT2D eigenvalue weighted by atomic mass is 16.2. The molecule has 1 aromatic carbocycles. The first kappa shape index (κ1) is 17.9. The van der Waals surface area contributed by atoms with E-state index in [-0.39, 0.29) is 22.9 Å². The Morgan fingerprint density at radius 3 is 2.42 bits per heavy atom. The molecule has 6 heteroatoms. The van der Waals surface area contributed by atoms with Crippen LogP contribution < -0.4 is 16.2 Å². The van der Waals surface area contributed by atoms with Crippen molar-refractivity contribution in [3.63, 3.8) is 0 Å². The molecule has 0 saturated heterocycles. The summed E-state index contributed by atoms with van der Waals surface area (Å²) in [5, 5.41) is 5.43. The molecule has 0 radical (unpaired) electrons. The zero-order valence-electron chi connectivity index (χ0n) is 15.2. The number of benzene rings is 1. The summed E-state index contributed by atoms with van der Waals surface area (Å²) in [7, 11) is 1.46. The monoisotopic (exact) mass is 353 g/mol. The predicted octanol–water partition coefficient (Wildman–Crippen LogP) is 1.78. The molecular weight excluding hydrogens is 330 g/mol. The fourth-order valence-corrected chi connectivity index (χ4v) is 2.91. The van der Waals surface area contributed by atoms with E-state index in [0.717, 1.165) is 12.0 Å². The van der Waals surface area contributed by atoms with Gasteiger partial charge < -0.3 is 15.2 Å². The fourth-order valence-electron chi connectivity index (χ4n) is 2.91. The third-order valence-electron chi connectivity index (χ3n) is 4.83. The summed E-state index contributed by atoms with van der Waals surface area (Å²) in [6.45, 7) is 4.47. The number of nitrogens with zero attached hydrogens (tertiary/aromatic N) is 1. The van der Waals surface area contributed by atoms with Crippen LogP contribution in [0.3, 0.4) is 0 Å². The molecule has 1 heterocycles. The highest BCUT2D eigenvalue weighted by molar-refractivity contribution is 5.99. The molecule has 136 valence electrons. The van der Waals surface area contributed by atoms with Crippen molar-refractivity contribution in [2.75, 3.05) is 7.05 Å². The summed E-state index contributed by atoms with van der Waals surface area (Å²) in [5.74, 6) is -0.772. The Labute approximate surface area is 152 Å². The number of hydrogen-bond donors (Lipinski definition) is 2. The normalized spacial score (nSPS) is 17.4. The number of amides is 2. The van der Waals surface area contributed by atoms with Crippen LogP contribution in [0.15, 0.2) is 47.4 Å². The van der Waals surface area contributed by atoms with Crippen LogP contribution in [0.25, 0.3) is 0 Å². The molecule has 1 aliphatic rings. The second kappa shape index (κ2) is 6.78. The van der Waals surface area contributed by atoms with Crippen molar-refractivity contribution in [3.05, 3.63) is 69.6 Å². The molecule has 2 N–H and O–H groups in total. The van der Waals surface area contributed by atoms with Gasteiger partial charge in [0.25, 0.3) is 17.4 Å². The van der Waals surface area contributed by atoms with Crippen molar-refractivity contribution in [2.24, 2.45) is 5.41 Å². The van der Waals surface area contributed by atoms with Gasteiger partial charge in [0.2, 0.25) is 0 Å². The Hall–Kier alpha value is -2.89. The molecule has 0 spiro atoms. The maximum atomic E-state index is 12.7. The number of rotatable bonds is 5. The average Bonchev–Trinajstić information content (AvgIpc) is 3.22. The van der Waals surface area contributed by atoms with Gasteiger partial charge in [-0.1, -0.05) is 44.2 Å². The Bertz CT molecular complexity index is 900. The standard InChI is InChI=1S/C20H23N3O3/c1-20(2)10-16(20)22-17(24)14-9-15(18(25)21-3)19(26)23(12-14)11-13-7-5-4-6-8-13/h4-9,12,16H,10-11H2,1-3H3,(H,21,25)(H,22,24). The van der Waals surface area contributed by atoms with Crippen LogP contribution in [-0.4, -0.2) is 29.5 Å². The molecule has 1 aromatic heterocycles. The Morgan fingerprint density at radius 1 is 1.19 bits per heavy atom. The van der Waals surface area contributed by atoms with E-state index in [4.69, 9.17) is 0 Å². The summed E-state index contributed by atoms with van der Waals surface area (Å²) >= 11 is 0. The lowest BCUT2D eigenvalue weighted by molar-refractivity contribution is 0.0945. The van der Waals surface area contributed by atoms with Crippen LogP contribution in [0, 0.1) is 5.41 Å². The van der Waals surface area contributed by atoms with Gasteiger partial charge in [-0.05, 0) is 23.5 Å². The topological polar surface area (TPSA) is 80.2 Å². The number of pyridine rings is 1. The first-order valence-electron chi connectivity index (χ1n) is 8.63. The van der Waals surface area contributed by atoms with Gasteiger partial charge in [0.1, 0.15) is 5.56 Å². The summed E-state index contributed by atoms with van der Waals surface area (Å²) in [6, 6.07) is 10.9. The fraction of sp³-hybridized carbons (Fsp3) is 0.350. The van der Waals surface area contributed by atoms with E-state index in [1.165, 1.54) is 23.9 Å². The quantitative estimate of drug-likeness (QED) is 0.860. The number of aromatic nitrogens is 1. The van der Waals surface area contributed by atoms with E-state index in [2.05, 4.69) is 24.5 Å². The van der Waals surface area contributed by atoms with E-state index in [0.29, 0.717) is 12.1 Å². The minimum atomic E-state index is -0.502. The lowest BCUT2D eigenvalue weighted by Gasteiger charge is -2.12. The van der Waals surface area contributed by atoms with Gasteiger partial charge >= 0.3 is 0 Å². The number of carbonyl (C=O) groups excluding carboxylic acids is 2. The summed E-state index contributed by atoms with van der Waals surface area (Å²) in [4.78, 5) is 37.4. The van der Waals surface area contributed by atoms with Gasteiger partial charge in [-0.2, -0.15) is 0 Å². The van der Waals surface area contributed by atoms with E-state index in [9.17, 15) is 14.4 Å². The molecule has 2 aromatic rings. The molecule has 1 fully saturated rings. The largest absolute Gasteiger partial charge is 0.355 e. The van der Waals surface area contributed by atoms with Crippen LogP contribution in [-0.2, 0) is 6.54 Å². The van der Waals surface area contributed by atoms with Gasteiger partial charge in [0, 0.05) is 19.3 Å². The molecule has 3 rings (SSSR count). The zero-order valence-corrected chi connectivity index (χ0v) is 15.2. The zero-order chi connectivity index (χ0) is 18.9. The van der Waals surface area contributed by atoms with Crippen molar-refractivity contribution < 1.29 is 9.59 Å². The molecular formula is C20H23N3O3. The molecule has 1 aliphatic carbocycles. The summed E-state index contributed by atoms with van der Waals surface area (Å²) in [6.07, 6.45) is 2.44. The third-order valence-corrected chi connectivity index (χ3v) is 4.83. The van der Waals surface area contributed by atoms with Crippen molar-refractivity contribution >= 4 is 11.8 Å². The second-order valence-corrected chi connectivity index (χ2v) is 7.36. The average molecular weight is 353 g/mol. The van der Waals surface area contributed by atoms with E-state index in [1.807, 2.05) is 30.3 Å².